The summed E-state index contributed by atoms with van der Waals surface area (Å²) < 4.78 is 24.9. The molecule has 2 fully saturated rings. The molecule has 8 heteroatoms. The first-order chi connectivity index (χ1) is 12.4. The van der Waals surface area contributed by atoms with Gasteiger partial charge >= 0.3 is 0 Å². The summed E-state index contributed by atoms with van der Waals surface area (Å²) in [5, 5.41) is 8.43. The Balaban J connectivity index is 1.59. The molecule has 2 aliphatic rings. The Morgan fingerprint density at radius 2 is 1.69 bits per heavy atom. The molecule has 0 N–H and O–H groups in total. The van der Waals surface area contributed by atoms with Gasteiger partial charge < -0.3 is 4.90 Å². The van der Waals surface area contributed by atoms with E-state index < -0.39 is 15.4 Å². The zero-order valence-electron chi connectivity index (χ0n) is 14.1. The highest BCUT2D eigenvalue weighted by Gasteiger charge is 2.57. The molecule has 0 aliphatic carbocycles. The second kappa shape index (κ2) is 6.44. The van der Waals surface area contributed by atoms with Gasteiger partial charge in [-0.15, -0.1) is 0 Å². The van der Waals surface area contributed by atoms with Crippen molar-refractivity contribution < 1.29 is 8.42 Å². The summed E-state index contributed by atoms with van der Waals surface area (Å²) in [6.07, 6.45) is 0. The minimum Gasteiger partial charge on any atom is -0.319 e. The van der Waals surface area contributed by atoms with E-state index in [0.29, 0.717) is 0 Å². The molecular formula is C18H17N3O2S3. The Kier molecular flexibility index (Phi) is 4.37. The first-order valence-electron chi connectivity index (χ1n) is 8.16. The highest BCUT2D eigenvalue weighted by molar-refractivity contribution is 8.24. The van der Waals surface area contributed by atoms with E-state index >= 15 is 0 Å². The van der Waals surface area contributed by atoms with Crippen molar-refractivity contribution in [1.82, 2.24) is 0 Å². The average Bonchev–Trinajstić information content (AvgIpc) is 2.97. The lowest BCUT2D eigenvalue weighted by molar-refractivity contribution is 0.550. The molecule has 134 valence electrons. The summed E-state index contributed by atoms with van der Waals surface area (Å²) in [5.41, 5.74) is 1.92. The maximum atomic E-state index is 12.1. The Bertz CT molecular complexity index is 975. The Hall–Kier alpha value is -1.77. The van der Waals surface area contributed by atoms with E-state index in [2.05, 4.69) is 10.2 Å². The summed E-state index contributed by atoms with van der Waals surface area (Å²) in [6.45, 7) is 1.98. The Morgan fingerprint density at radius 1 is 1.08 bits per heavy atom. The van der Waals surface area contributed by atoms with E-state index in [1.807, 2.05) is 66.4 Å². The van der Waals surface area contributed by atoms with Crippen molar-refractivity contribution in [3.63, 3.8) is 0 Å². The molecule has 2 aromatic carbocycles. The lowest BCUT2D eigenvalue weighted by atomic mass is 9.98. The van der Waals surface area contributed by atoms with Crippen molar-refractivity contribution in [2.75, 3.05) is 16.4 Å². The summed E-state index contributed by atoms with van der Waals surface area (Å²) in [6, 6.07) is 17.1. The number of hydrogen-bond acceptors (Lipinski definition) is 6. The van der Waals surface area contributed by atoms with Gasteiger partial charge in [0.1, 0.15) is 4.32 Å². The first kappa shape index (κ1) is 17.6. The highest BCUT2D eigenvalue weighted by Crippen LogP contribution is 2.48. The van der Waals surface area contributed by atoms with Crippen molar-refractivity contribution in [2.24, 2.45) is 10.2 Å². The minimum absolute atomic E-state index is 0.0163. The number of fused-ring (bicyclic) bond motifs is 1. The minimum atomic E-state index is -3.03. The molecule has 2 unspecified atom stereocenters. The number of sulfone groups is 1. The van der Waals surface area contributed by atoms with Crippen LogP contribution in [0.3, 0.4) is 0 Å². The van der Waals surface area contributed by atoms with Crippen LogP contribution in [0.1, 0.15) is 6.92 Å². The van der Waals surface area contributed by atoms with Crippen molar-refractivity contribution in [2.45, 2.75) is 17.7 Å². The van der Waals surface area contributed by atoms with Crippen LogP contribution in [-0.2, 0) is 9.84 Å². The van der Waals surface area contributed by atoms with E-state index in [1.165, 1.54) is 11.8 Å². The van der Waals surface area contributed by atoms with Crippen molar-refractivity contribution in [3.05, 3.63) is 54.6 Å². The number of azo groups is 1. The monoisotopic (exact) mass is 403 g/mol. The molecule has 0 spiro atoms. The molecule has 0 bridgehead atoms. The van der Waals surface area contributed by atoms with Crippen LogP contribution in [0, 0.1) is 0 Å². The van der Waals surface area contributed by atoms with Crippen molar-refractivity contribution >= 4 is 55.2 Å². The zero-order valence-corrected chi connectivity index (χ0v) is 16.5. The molecule has 2 aromatic rings. The predicted octanol–water partition coefficient (Wildman–Crippen LogP) is 4.50. The molecule has 4 rings (SSSR count). The summed E-state index contributed by atoms with van der Waals surface area (Å²) in [5.74, 6) is 0.321. The molecule has 0 radical (unpaired) electrons. The third-order valence-corrected chi connectivity index (χ3v) is 8.58. The maximum absolute atomic E-state index is 12.1. The van der Waals surface area contributed by atoms with Crippen molar-refractivity contribution in [3.8, 4) is 0 Å². The topological polar surface area (TPSA) is 62.1 Å². The van der Waals surface area contributed by atoms with Gasteiger partial charge in [-0.25, -0.2) is 8.42 Å². The molecule has 2 saturated heterocycles. The largest absolute Gasteiger partial charge is 0.319 e. The number of rotatable bonds is 3. The number of thioether (sulfide) groups is 1. The SMILES string of the molecule is CC12CS(=O)(=O)CC1SC(=S)N2c1ccc(N=Nc2ccccc2)cc1. The smallest absolute Gasteiger partial charge is 0.153 e. The van der Waals surface area contributed by atoms with Gasteiger partial charge in [0.05, 0.1) is 33.7 Å². The fraction of sp³-hybridized carbons (Fsp3) is 0.278. The van der Waals surface area contributed by atoms with Crippen LogP contribution < -0.4 is 4.90 Å². The number of hydrogen-bond donors (Lipinski definition) is 0. The zero-order chi connectivity index (χ0) is 18.4. The van der Waals surface area contributed by atoms with Crippen LogP contribution in [0.15, 0.2) is 64.8 Å². The van der Waals surface area contributed by atoms with E-state index in [4.69, 9.17) is 12.2 Å². The van der Waals surface area contributed by atoms with Gasteiger partial charge in [-0.3, -0.25) is 0 Å². The van der Waals surface area contributed by atoms with Gasteiger partial charge in [-0.1, -0.05) is 42.2 Å². The quantitative estimate of drug-likeness (QED) is 0.558. The Labute approximate surface area is 162 Å². The van der Waals surface area contributed by atoms with Gasteiger partial charge in [-0.05, 0) is 43.3 Å². The first-order valence-corrected chi connectivity index (χ1v) is 11.3. The number of nitrogens with zero attached hydrogens (tertiary/aromatic N) is 3. The molecule has 5 nitrogen and oxygen atoms in total. The standard InChI is InChI=1S/C18H17N3O2S3/c1-18-12-26(22,23)11-16(18)25-17(24)21(18)15-9-7-14(8-10-15)20-19-13-5-3-2-4-6-13/h2-10,16H,11-12H2,1H3. The molecule has 2 aliphatic heterocycles. The predicted molar refractivity (Wildman–Crippen MR) is 111 cm³/mol. The molecule has 0 saturated carbocycles. The van der Waals surface area contributed by atoms with Crippen LogP contribution in [-0.4, -0.2) is 35.0 Å². The fourth-order valence-corrected chi connectivity index (χ4v) is 8.36. The number of benzene rings is 2. The average molecular weight is 404 g/mol. The molecule has 2 atom stereocenters. The van der Waals surface area contributed by atoms with Crippen LogP contribution in [0.25, 0.3) is 0 Å². The van der Waals surface area contributed by atoms with E-state index in [-0.39, 0.29) is 16.8 Å². The van der Waals surface area contributed by atoms with Crippen molar-refractivity contribution in [1.29, 1.82) is 0 Å². The van der Waals surface area contributed by atoms with Crippen LogP contribution in [0.5, 0.6) is 0 Å². The van der Waals surface area contributed by atoms with E-state index in [0.717, 1.165) is 21.4 Å². The van der Waals surface area contributed by atoms with E-state index in [1.54, 1.807) is 0 Å². The number of anilines is 1. The van der Waals surface area contributed by atoms with E-state index in [9.17, 15) is 8.42 Å². The third-order valence-electron chi connectivity index (χ3n) is 4.69. The molecular weight excluding hydrogens is 386 g/mol. The van der Waals surface area contributed by atoms with Gasteiger partial charge in [0.15, 0.2) is 9.84 Å². The summed E-state index contributed by atoms with van der Waals surface area (Å²) in [4.78, 5) is 1.99. The molecule has 26 heavy (non-hydrogen) atoms. The molecule has 0 amide bonds. The van der Waals surface area contributed by atoms with Crippen LogP contribution in [0.2, 0.25) is 0 Å². The lowest BCUT2D eigenvalue weighted by Crippen LogP contribution is -2.49. The van der Waals surface area contributed by atoms with Gasteiger partial charge in [0.25, 0.3) is 0 Å². The second-order valence-corrected chi connectivity index (χ2v) is 10.6. The number of thiocarbonyl (C=S) groups is 1. The third kappa shape index (κ3) is 3.17. The second-order valence-electron chi connectivity index (χ2n) is 6.67. The van der Waals surface area contributed by atoms with Gasteiger partial charge in [0.2, 0.25) is 0 Å². The molecule has 0 aromatic heterocycles. The molecule has 2 heterocycles. The normalized spacial score (nSPS) is 27.2. The Morgan fingerprint density at radius 3 is 2.35 bits per heavy atom. The lowest BCUT2D eigenvalue weighted by Gasteiger charge is -2.34. The van der Waals surface area contributed by atoms with Crippen LogP contribution in [0.4, 0.5) is 17.1 Å². The highest BCUT2D eigenvalue weighted by atomic mass is 32.2. The summed E-state index contributed by atoms with van der Waals surface area (Å²) in [7, 11) is -3.03. The van der Waals surface area contributed by atoms with Gasteiger partial charge in [-0.2, -0.15) is 10.2 Å². The van der Waals surface area contributed by atoms with Crippen LogP contribution >= 0.6 is 24.0 Å². The maximum Gasteiger partial charge on any atom is 0.153 e. The fourth-order valence-electron chi connectivity index (χ4n) is 3.44. The summed E-state index contributed by atoms with van der Waals surface area (Å²) >= 11 is 7.01. The van der Waals surface area contributed by atoms with Gasteiger partial charge in [0, 0.05) is 5.69 Å².